The second-order valence-electron chi connectivity index (χ2n) is 6.89. The van der Waals surface area contributed by atoms with Crippen molar-refractivity contribution in [2.24, 2.45) is 0 Å². The monoisotopic (exact) mass is 628 g/mol. The van der Waals surface area contributed by atoms with Gasteiger partial charge in [-0.25, -0.2) is 9.97 Å². The topological polar surface area (TPSA) is 71.8 Å². The van der Waals surface area contributed by atoms with Gasteiger partial charge >= 0.3 is 0 Å². The molecule has 0 spiro atoms. The van der Waals surface area contributed by atoms with Gasteiger partial charge in [-0.15, -0.1) is 29.8 Å². The van der Waals surface area contributed by atoms with E-state index in [1.807, 2.05) is 72.8 Å². The summed E-state index contributed by atoms with van der Waals surface area (Å²) in [6, 6.07) is 31.8. The number of pyridine rings is 1. The largest absolute Gasteiger partial charge is 0.507 e. The van der Waals surface area contributed by atoms with Crippen LogP contribution in [0.5, 0.6) is 5.75 Å². The van der Waals surface area contributed by atoms with Crippen molar-refractivity contribution in [3.8, 4) is 39.9 Å². The number of rotatable bonds is 5. The SMILES string of the molecule is Oc1ccccc1-c1nc(-c2[c-]c(Sc3ccccn3)ccc2)nc(-c2ccccc2)n1.[Pt]. The van der Waals surface area contributed by atoms with Crippen molar-refractivity contribution in [3.05, 3.63) is 103 Å². The Morgan fingerprint density at radius 2 is 1.39 bits per heavy atom. The Kier molecular flexibility index (Phi) is 7.28. The molecular weight excluding hydrogens is 611 g/mol. The maximum atomic E-state index is 10.4. The smallest absolute Gasteiger partial charge is 0.158 e. The van der Waals surface area contributed by atoms with Crippen LogP contribution in [0.1, 0.15) is 0 Å². The van der Waals surface area contributed by atoms with E-state index in [9.17, 15) is 5.11 Å². The van der Waals surface area contributed by atoms with Gasteiger partial charge in [-0.1, -0.05) is 65.2 Å². The van der Waals surface area contributed by atoms with Gasteiger partial charge in [0.25, 0.3) is 0 Å². The molecule has 7 heteroatoms. The zero-order chi connectivity index (χ0) is 21.8. The molecule has 3 aromatic carbocycles. The second-order valence-corrected chi connectivity index (χ2v) is 7.95. The molecule has 5 aromatic rings. The molecule has 0 atom stereocenters. The van der Waals surface area contributed by atoms with Crippen LogP contribution in [-0.2, 0) is 21.1 Å². The Morgan fingerprint density at radius 1 is 0.667 bits per heavy atom. The fraction of sp³-hybridized carbons (Fsp3) is 0. The molecule has 5 rings (SSSR count). The molecule has 0 saturated heterocycles. The Balaban J connectivity index is 0.00000259. The predicted molar refractivity (Wildman–Crippen MR) is 125 cm³/mol. The molecule has 0 aliphatic rings. The number of phenols is 1. The van der Waals surface area contributed by atoms with Gasteiger partial charge in [-0.05, 0) is 24.3 Å². The van der Waals surface area contributed by atoms with Crippen LogP contribution < -0.4 is 0 Å². The fourth-order valence-electron chi connectivity index (χ4n) is 3.15. The predicted octanol–water partition coefficient (Wildman–Crippen LogP) is 5.92. The van der Waals surface area contributed by atoms with E-state index in [2.05, 4.69) is 21.0 Å². The van der Waals surface area contributed by atoms with Crippen molar-refractivity contribution in [1.82, 2.24) is 19.9 Å². The first kappa shape index (κ1) is 22.8. The first-order valence-electron chi connectivity index (χ1n) is 9.98. The van der Waals surface area contributed by atoms with Crippen molar-refractivity contribution < 1.29 is 26.2 Å². The van der Waals surface area contributed by atoms with Gasteiger partial charge in [0.2, 0.25) is 0 Å². The molecule has 0 amide bonds. The number of benzene rings is 3. The average Bonchev–Trinajstić information content (AvgIpc) is 2.85. The molecule has 164 valence electrons. The van der Waals surface area contributed by atoms with Gasteiger partial charge in [0.1, 0.15) is 5.75 Å². The van der Waals surface area contributed by atoms with Crippen molar-refractivity contribution >= 4 is 11.8 Å². The van der Waals surface area contributed by atoms with Gasteiger partial charge in [0.05, 0.1) is 16.4 Å². The van der Waals surface area contributed by atoms with Crippen LogP contribution in [0.2, 0.25) is 0 Å². The summed E-state index contributed by atoms with van der Waals surface area (Å²) in [4.78, 5) is 19.3. The Morgan fingerprint density at radius 3 is 2.18 bits per heavy atom. The van der Waals surface area contributed by atoms with Crippen LogP contribution in [0, 0.1) is 6.07 Å². The molecule has 0 radical (unpaired) electrons. The van der Waals surface area contributed by atoms with Gasteiger partial charge in [0.15, 0.2) is 11.6 Å². The molecule has 0 fully saturated rings. The number of aromatic nitrogens is 4. The second kappa shape index (κ2) is 10.5. The maximum absolute atomic E-state index is 10.4. The molecule has 0 saturated carbocycles. The third-order valence-electron chi connectivity index (χ3n) is 4.67. The molecule has 2 aromatic heterocycles. The summed E-state index contributed by atoms with van der Waals surface area (Å²) < 4.78 is 0. The fourth-order valence-corrected chi connectivity index (χ4v) is 3.95. The van der Waals surface area contributed by atoms with E-state index in [1.54, 1.807) is 24.4 Å². The van der Waals surface area contributed by atoms with Crippen molar-refractivity contribution in [2.45, 2.75) is 9.92 Å². The van der Waals surface area contributed by atoms with Gasteiger partial charge in [-0.3, -0.25) is 9.97 Å². The number of phenolic OH excluding ortho intramolecular Hbond substituents is 1. The summed E-state index contributed by atoms with van der Waals surface area (Å²) in [6.07, 6.45) is 1.77. The number of nitrogens with zero attached hydrogens (tertiary/aromatic N) is 4. The molecule has 33 heavy (non-hydrogen) atoms. The average molecular weight is 629 g/mol. The standard InChI is InChI=1S/C26H17N4OS.Pt/c31-22-14-5-4-13-21(22)26-29-24(18-9-2-1-3-10-18)28-25(30-26)19-11-8-12-20(17-19)32-23-15-6-7-16-27-23;/h1-16,31H;/q-1;. The van der Waals surface area contributed by atoms with E-state index in [-0.39, 0.29) is 26.8 Å². The molecule has 0 bridgehead atoms. The van der Waals surface area contributed by atoms with Crippen molar-refractivity contribution in [1.29, 1.82) is 0 Å². The third-order valence-corrected chi connectivity index (χ3v) is 5.58. The zero-order valence-electron chi connectivity index (χ0n) is 17.2. The molecule has 0 aliphatic carbocycles. The van der Waals surface area contributed by atoms with Gasteiger partial charge in [-0.2, -0.15) is 0 Å². The quantitative estimate of drug-likeness (QED) is 0.244. The first-order chi connectivity index (χ1) is 15.8. The summed E-state index contributed by atoms with van der Waals surface area (Å²) in [5.74, 6) is 1.54. The van der Waals surface area contributed by atoms with Crippen LogP contribution >= 0.6 is 11.8 Å². The van der Waals surface area contributed by atoms with Crippen LogP contribution in [0.3, 0.4) is 0 Å². The molecule has 0 unspecified atom stereocenters. The number of hydrogen-bond acceptors (Lipinski definition) is 6. The summed E-state index contributed by atoms with van der Waals surface area (Å²) in [6.45, 7) is 0. The molecule has 1 N–H and O–H groups in total. The van der Waals surface area contributed by atoms with Crippen LogP contribution in [-0.4, -0.2) is 25.0 Å². The van der Waals surface area contributed by atoms with Crippen LogP contribution in [0.4, 0.5) is 0 Å². The van der Waals surface area contributed by atoms with E-state index < -0.39 is 0 Å². The minimum Gasteiger partial charge on any atom is -0.507 e. The Labute approximate surface area is 210 Å². The van der Waals surface area contributed by atoms with E-state index in [1.165, 1.54) is 11.8 Å². The molecule has 0 aliphatic heterocycles. The summed E-state index contributed by atoms with van der Waals surface area (Å²) in [5.41, 5.74) is 2.15. The summed E-state index contributed by atoms with van der Waals surface area (Å²) in [5, 5.41) is 11.3. The van der Waals surface area contributed by atoms with Gasteiger partial charge in [0, 0.05) is 32.8 Å². The Bertz CT molecular complexity index is 1370. The minimum absolute atomic E-state index is 0. The first-order valence-corrected chi connectivity index (χ1v) is 10.8. The summed E-state index contributed by atoms with van der Waals surface area (Å²) in [7, 11) is 0. The van der Waals surface area contributed by atoms with E-state index in [0.717, 1.165) is 21.0 Å². The third kappa shape index (κ3) is 5.36. The van der Waals surface area contributed by atoms with Crippen molar-refractivity contribution in [2.75, 3.05) is 0 Å². The molecular formula is C26H17N4OPtS-. The normalized spacial score (nSPS) is 10.4. The van der Waals surface area contributed by atoms with Crippen LogP contribution in [0.25, 0.3) is 34.2 Å². The van der Waals surface area contributed by atoms with Gasteiger partial charge < -0.3 is 5.11 Å². The van der Waals surface area contributed by atoms with E-state index in [0.29, 0.717) is 23.0 Å². The molecule has 5 nitrogen and oxygen atoms in total. The number of aromatic hydroxyl groups is 1. The van der Waals surface area contributed by atoms with Crippen molar-refractivity contribution in [3.63, 3.8) is 0 Å². The number of para-hydroxylation sites is 1. The Hall–Kier alpha value is -3.34. The number of hydrogen-bond donors (Lipinski definition) is 1. The van der Waals surface area contributed by atoms with E-state index in [4.69, 9.17) is 4.98 Å². The molecule has 2 heterocycles. The van der Waals surface area contributed by atoms with E-state index >= 15 is 0 Å². The zero-order valence-corrected chi connectivity index (χ0v) is 20.3. The minimum atomic E-state index is 0. The van der Waals surface area contributed by atoms with Crippen LogP contribution in [0.15, 0.2) is 107 Å². The summed E-state index contributed by atoms with van der Waals surface area (Å²) >= 11 is 1.52. The maximum Gasteiger partial charge on any atom is 0.158 e.